The van der Waals surface area contributed by atoms with Crippen LogP contribution in [0.25, 0.3) is 0 Å². The lowest BCUT2D eigenvalue weighted by Crippen LogP contribution is -2.07. The molecule has 1 unspecified atom stereocenters. The Hall–Kier alpha value is -0.410. The highest BCUT2D eigenvalue weighted by atomic mass is 32.1. The van der Waals surface area contributed by atoms with E-state index in [4.69, 9.17) is 0 Å². The largest absolute Gasteiger partial charge is 0.316 e. The highest BCUT2D eigenvalue weighted by molar-refractivity contribution is 7.11. The summed E-state index contributed by atoms with van der Waals surface area (Å²) in [6, 6.07) is 0. The molecule has 1 saturated heterocycles. The molecule has 0 bridgehead atoms. The van der Waals surface area contributed by atoms with Gasteiger partial charge in [-0.05, 0) is 26.3 Å². The summed E-state index contributed by atoms with van der Waals surface area (Å²) in [6.07, 6.45) is 2.39. The van der Waals surface area contributed by atoms with E-state index >= 15 is 0 Å². The van der Waals surface area contributed by atoms with E-state index in [9.17, 15) is 0 Å². The molecule has 1 aromatic heterocycles. The van der Waals surface area contributed by atoms with E-state index in [-0.39, 0.29) is 0 Å². The molecule has 0 saturated carbocycles. The first-order valence-electron chi connectivity index (χ1n) is 4.98. The Kier molecular flexibility index (Phi) is 2.65. The van der Waals surface area contributed by atoms with Crippen LogP contribution in [-0.4, -0.2) is 18.1 Å². The van der Waals surface area contributed by atoms with Gasteiger partial charge in [-0.3, -0.25) is 0 Å². The molecule has 2 heterocycles. The molecular formula is C10H16N2S. The molecule has 2 rings (SSSR count). The third-order valence-corrected chi connectivity index (χ3v) is 4.10. The van der Waals surface area contributed by atoms with E-state index in [2.05, 4.69) is 24.1 Å². The summed E-state index contributed by atoms with van der Waals surface area (Å²) >= 11 is 1.91. The third kappa shape index (κ3) is 1.76. The smallest absolute Gasteiger partial charge is 0.0975 e. The van der Waals surface area contributed by atoms with E-state index in [1.54, 1.807) is 0 Å². The molecule has 0 aromatic carbocycles. The normalized spacial score (nSPS) is 22.5. The van der Waals surface area contributed by atoms with Crippen LogP contribution < -0.4 is 5.32 Å². The quantitative estimate of drug-likeness (QED) is 0.783. The van der Waals surface area contributed by atoms with Crippen molar-refractivity contribution in [3.05, 3.63) is 15.6 Å². The van der Waals surface area contributed by atoms with Crippen LogP contribution in [-0.2, 0) is 6.42 Å². The molecule has 0 aliphatic carbocycles. The Morgan fingerprint density at radius 1 is 1.62 bits per heavy atom. The molecule has 0 radical (unpaired) electrons. The predicted octanol–water partition coefficient (Wildman–Crippen LogP) is 2.09. The average Bonchev–Trinajstić information content (AvgIpc) is 2.71. The third-order valence-electron chi connectivity index (χ3n) is 2.64. The van der Waals surface area contributed by atoms with Crippen LogP contribution in [0.1, 0.15) is 34.8 Å². The van der Waals surface area contributed by atoms with Crippen LogP contribution in [0, 0.1) is 6.92 Å². The maximum Gasteiger partial charge on any atom is 0.0975 e. The molecule has 3 heteroatoms. The molecule has 0 spiro atoms. The number of hydrogen-bond acceptors (Lipinski definition) is 3. The van der Waals surface area contributed by atoms with E-state index in [1.165, 1.54) is 22.0 Å². The van der Waals surface area contributed by atoms with Crippen molar-refractivity contribution in [3.8, 4) is 0 Å². The molecule has 1 atom stereocenters. The number of rotatable bonds is 2. The molecule has 0 amide bonds. The fourth-order valence-electron chi connectivity index (χ4n) is 1.82. The average molecular weight is 196 g/mol. The van der Waals surface area contributed by atoms with Gasteiger partial charge < -0.3 is 5.32 Å². The second-order valence-electron chi connectivity index (χ2n) is 3.60. The van der Waals surface area contributed by atoms with Crippen molar-refractivity contribution < 1.29 is 0 Å². The Bertz CT molecular complexity index is 287. The van der Waals surface area contributed by atoms with Crippen LogP contribution in [0.3, 0.4) is 0 Å². The van der Waals surface area contributed by atoms with Gasteiger partial charge in [0.2, 0.25) is 0 Å². The van der Waals surface area contributed by atoms with E-state index in [0.29, 0.717) is 5.92 Å². The molecule has 2 nitrogen and oxygen atoms in total. The fourth-order valence-corrected chi connectivity index (χ4v) is 2.96. The summed E-state index contributed by atoms with van der Waals surface area (Å²) in [5.41, 5.74) is 1.24. The van der Waals surface area contributed by atoms with Gasteiger partial charge in [0, 0.05) is 17.3 Å². The zero-order valence-electron chi connectivity index (χ0n) is 8.26. The van der Waals surface area contributed by atoms with Crippen molar-refractivity contribution in [2.45, 2.75) is 32.6 Å². The van der Waals surface area contributed by atoms with Gasteiger partial charge in [-0.15, -0.1) is 11.3 Å². The summed E-state index contributed by atoms with van der Waals surface area (Å²) in [7, 11) is 0. The number of hydrogen-bond donors (Lipinski definition) is 1. The Morgan fingerprint density at radius 2 is 2.46 bits per heavy atom. The van der Waals surface area contributed by atoms with E-state index in [0.717, 1.165) is 19.5 Å². The molecule has 1 aliphatic rings. The summed E-state index contributed by atoms with van der Waals surface area (Å²) in [6.45, 7) is 6.61. The van der Waals surface area contributed by atoms with Crippen LogP contribution >= 0.6 is 11.3 Å². The maximum atomic E-state index is 4.64. The summed E-state index contributed by atoms with van der Waals surface area (Å²) in [5.74, 6) is 0.684. The summed E-state index contributed by atoms with van der Waals surface area (Å²) in [4.78, 5) is 6.10. The Labute approximate surface area is 83.4 Å². The van der Waals surface area contributed by atoms with Crippen molar-refractivity contribution in [1.82, 2.24) is 10.3 Å². The SMILES string of the molecule is CCc1sc(C2CCNC2)nc1C. The van der Waals surface area contributed by atoms with Gasteiger partial charge in [0.05, 0.1) is 10.7 Å². The number of nitrogens with one attached hydrogen (secondary N) is 1. The van der Waals surface area contributed by atoms with Gasteiger partial charge in [0.25, 0.3) is 0 Å². The minimum Gasteiger partial charge on any atom is -0.316 e. The zero-order valence-corrected chi connectivity index (χ0v) is 9.08. The minimum absolute atomic E-state index is 0.684. The van der Waals surface area contributed by atoms with Crippen molar-refractivity contribution >= 4 is 11.3 Å². The lowest BCUT2D eigenvalue weighted by molar-refractivity contribution is 0.752. The zero-order chi connectivity index (χ0) is 9.26. The van der Waals surface area contributed by atoms with Crippen molar-refractivity contribution in [1.29, 1.82) is 0 Å². The van der Waals surface area contributed by atoms with Crippen molar-refractivity contribution in [2.24, 2.45) is 0 Å². The van der Waals surface area contributed by atoms with Crippen LogP contribution in [0.15, 0.2) is 0 Å². The van der Waals surface area contributed by atoms with Gasteiger partial charge in [-0.1, -0.05) is 6.92 Å². The van der Waals surface area contributed by atoms with Crippen molar-refractivity contribution in [3.63, 3.8) is 0 Å². The van der Waals surface area contributed by atoms with Gasteiger partial charge in [0.15, 0.2) is 0 Å². The fraction of sp³-hybridized carbons (Fsp3) is 0.700. The molecule has 1 N–H and O–H groups in total. The maximum absolute atomic E-state index is 4.64. The molecule has 1 fully saturated rings. The molecule has 13 heavy (non-hydrogen) atoms. The summed E-state index contributed by atoms with van der Waals surface area (Å²) in [5, 5.41) is 4.73. The molecular weight excluding hydrogens is 180 g/mol. The first-order valence-corrected chi connectivity index (χ1v) is 5.79. The number of nitrogens with zero attached hydrogens (tertiary/aromatic N) is 1. The van der Waals surface area contributed by atoms with Crippen molar-refractivity contribution in [2.75, 3.05) is 13.1 Å². The van der Waals surface area contributed by atoms with E-state index < -0.39 is 0 Å². The van der Waals surface area contributed by atoms with Crippen LogP contribution in [0.4, 0.5) is 0 Å². The first kappa shape index (κ1) is 9.16. The standard InChI is InChI=1S/C10H16N2S/c1-3-9-7(2)12-10(13-9)8-4-5-11-6-8/h8,11H,3-6H2,1-2H3. The van der Waals surface area contributed by atoms with E-state index in [1.807, 2.05) is 11.3 Å². The van der Waals surface area contributed by atoms with Gasteiger partial charge >= 0.3 is 0 Å². The highest BCUT2D eigenvalue weighted by Gasteiger charge is 2.20. The summed E-state index contributed by atoms with van der Waals surface area (Å²) < 4.78 is 0. The highest BCUT2D eigenvalue weighted by Crippen LogP contribution is 2.28. The molecule has 1 aliphatic heterocycles. The van der Waals surface area contributed by atoms with Gasteiger partial charge in [-0.25, -0.2) is 4.98 Å². The molecule has 72 valence electrons. The Balaban J connectivity index is 2.20. The second kappa shape index (κ2) is 3.76. The van der Waals surface area contributed by atoms with Gasteiger partial charge in [0.1, 0.15) is 0 Å². The number of thiazole rings is 1. The molecule has 1 aromatic rings. The topological polar surface area (TPSA) is 24.9 Å². The van der Waals surface area contributed by atoms with Crippen LogP contribution in [0.5, 0.6) is 0 Å². The minimum atomic E-state index is 0.684. The lowest BCUT2D eigenvalue weighted by atomic mass is 10.1. The lowest BCUT2D eigenvalue weighted by Gasteiger charge is -2.01. The van der Waals surface area contributed by atoms with Gasteiger partial charge in [-0.2, -0.15) is 0 Å². The monoisotopic (exact) mass is 196 g/mol. The Morgan fingerprint density at radius 3 is 3.00 bits per heavy atom. The number of aryl methyl sites for hydroxylation is 2. The second-order valence-corrected chi connectivity index (χ2v) is 4.72. The first-order chi connectivity index (χ1) is 6.31. The predicted molar refractivity (Wildman–Crippen MR) is 56.5 cm³/mol. The van der Waals surface area contributed by atoms with Crippen LogP contribution in [0.2, 0.25) is 0 Å². The number of aromatic nitrogens is 1.